The molecule has 5 aromatic rings. The van der Waals surface area contributed by atoms with E-state index < -0.39 is 29.6 Å². The molecule has 0 saturated carbocycles. The lowest BCUT2D eigenvalue weighted by molar-refractivity contribution is -0.137. The number of halogens is 3. The number of hydrogen-bond acceptors (Lipinski definition) is 9. The normalized spacial score (nSPS) is 13.2. The van der Waals surface area contributed by atoms with Crippen LogP contribution in [0.3, 0.4) is 0 Å². The molecule has 286 valence electrons. The summed E-state index contributed by atoms with van der Waals surface area (Å²) >= 11 is 0. The molecule has 1 aliphatic rings. The lowest BCUT2D eigenvalue weighted by atomic mass is 10.1. The Morgan fingerprint density at radius 3 is 2.05 bits per heavy atom. The molecule has 17 heteroatoms. The van der Waals surface area contributed by atoms with Gasteiger partial charge in [-0.05, 0) is 60.2 Å². The molecule has 1 aliphatic heterocycles. The molecule has 55 heavy (non-hydrogen) atoms. The summed E-state index contributed by atoms with van der Waals surface area (Å²) in [5, 5.41) is 19.1. The largest absolute Gasteiger partial charge is 0.481 e. The maximum Gasteiger partial charge on any atom is 0.416 e. The van der Waals surface area contributed by atoms with Crippen LogP contribution in [0.15, 0.2) is 97.3 Å². The first-order chi connectivity index (χ1) is 26.2. The number of piperazine rings is 1. The number of carboxylic acids is 2. The molecule has 1 saturated heterocycles. The Balaban J connectivity index is 0.000000654. The van der Waals surface area contributed by atoms with Crippen molar-refractivity contribution in [2.75, 3.05) is 38.6 Å². The van der Waals surface area contributed by atoms with Gasteiger partial charge in [0, 0.05) is 86.7 Å². The summed E-state index contributed by atoms with van der Waals surface area (Å²) in [6.07, 6.45) is -0.161. The molecule has 3 N–H and O–H groups in total. The van der Waals surface area contributed by atoms with Crippen molar-refractivity contribution >= 4 is 40.3 Å². The number of nitrogens with zero attached hydrogens (tertiary/aromatic N) is 5. The Morgan fingerprint density at radius 2 is 1.49 bits per heavy atom. The summed E-state index contributed by atoms with van der Waals surface area (Å²) in [5.41, 5.74) is 2.14. The first-order valence-electron chi connectivity index (χ1n) is 16.6. The number of anilines is 1. The third-order valence-electron chi connectivity index (χ3n) is 8.37. The summed E-state index contributed by atoms with van der Waals surface area (Å²) in [7, 11) is 3.45. The molecule has 6 rings (SSSR count). The molecule has 0 bridgehead atoms. The summed E-state index contributed by atoms with van der Waals surface area (Å²) < 4.78 is 51.3. The van der Waals surface area contributed by atoms with Crippen molar-refractivity contribution < 1.29 is 52.0 Å². The van der Waals surface area contributed by atoms with E-state index in [1.165, 1.54) is 6.20 Å². The second-order valence-electron chi connectivity index (χ2n) is 12.1. The molecule has 4 heterocycles. The van der Waals surface area contributed by atoms with Gasteiger partial charge < -0.3 is 34.5 Å². The fourth-order valence-electron chi connectivity index (χ4n) is 5.54. The highest BCUT2D eigenvalue weighted by molar-refractivity contribution is 6.04. The van der Waals surface area contributed by atoms with Crippen LogP contribution in [-0.4, -0.2) is 91.6 Å². The minimum atomic E-state index is -4.48. The average molecular weight is 761 g/mol. The van der Waals surface area contributed by atoms with E-state index in [1.807, 2.05) is 53.0 Å². The summed E-state index contributed by atoms with van der Waals surface area (Å²) in [6, 6.07) is 18.3. The minimum Gasteiger partial charge on any atom is -0.481 e. The standard InChI is InChI=1S/C34H31F3N6O4.C4H4O4/c1-41-28-10-9-27(47-31-12-8-26(20-39-31)40-32(44)23-4-6-25(7-5-23)34(35,36)37)17-24(28)18-29(41)33(45)43-15-13-42(14-16-43)21-22-3-11-30(46-2)38-19-22;5-3(6)1-2-4(7)8/h3-12,17-20H,13-16,21H2,1-2H3,(H,40,44);1-2H,(H,5,6)(H,7,8). The van der Waals surface area contributed by atoms with Crippen molar-refractivity contribution in [1.29, 1.82) is 0 Å². The van der Waals surface area contributed by atoms with Gasteiger partial charge in [0.25, 0.3) is 11.8 Å². The molecule has 0 aliphatic carbocycles. The number of nitrogens with one attached hydrogen (secondary N) is 1. The van der Waals surface area contributed by atoms with Gasteiger partial charge in [-0.2, -0.15) is 13.2 Å². The quantitative estimate of drug-likeness (QED) is 0.149. The van der Waals surface area contributed by atoms with Crippen molar-refractivity contribution in [3.8, 4) is 17.5 Å². The number of amides is 2. The van der Waals surface area contributed by atoms with E-state index in [0.717, 1.165) is 60.4 Å². The molecule has 2 aromatic carbocycles. The highest BCUT2D eigenvalue weighted by Gasteiger charge is 2.30. The van der Waals surface area contributed by atoms with Crippen LogP contribution in [0.1, 0.15) is 32.0 Å². The summed E-state index contributed by atoms with van der Waals surface area (Å²) in [6.45, 7) is 3.49. The molecular weight excluding hydrogens is 725 g/mol. The van der Waals surface area contributed by atoms with Gasteiger partial charge in [-0.15, -0.1) is 0 Å². The Labute approximate surface area is 312 Å². The second-order valence-corrected chi connectivity index (χ2v) is 12.1. The van der Waals surface area contributed by atoms with Gasteiger partial charge in [-0.3, -0.25) is 14.5 Å². The smallest absolute Gasteiger partial charge is 0.416 e. The minimum absolute atomic E-state index is 0.0347. The average Bonchev–Trinajstić information content (AvgIpc) is 3.50. The van der Waals surface area contributed by atoms with E-state index in [2.05, 4.69) is 20.2 Å². The predicted molar refractivity (Wildman–Crippen MR) is 193 cm³/mol. The van der Waals surface area contributed by atoms with Crippen LogP contribution < -0.4 is 14.8 Å². The van der Waals surface area contributed by atoms with Crippen molar-refractivity contribution in [2.24, 2.45) is 7.05 Å². The fourth-order valence-corrected chi connectivity index (χ4v) is 5.54. The lowest BCUT2D eigenvalue weighted by Crippen LogP contribution is -2.48. The first-order valence-corrected chi connectivity index (χ1v) is 16.6. The van der Waals surface area contributed by atoms with E-state index in [-0.39, 0.29) is 17.4 Å². The summed E-state index contributed by atoms with van der Waals surface area (Å²) in [5.74, 6) is -1.76. The second kappa shape index (κ2) is 17.4. The number of aliphatic carboxylic acids is 2. The number of carboxylic acid groups (broad SMARTS) is 2. The molecule has 0 unspecified atom stereocenters. The maximum absolute atomic E-state index is 13.5. The molecule has 14 nitrogen and oxygen atoms in total. The van der Waals surface area contributed by atoms with Crippen LogP contribution in [-0.2, 0) is 29.4 Å². The zero-order chi connectivity index (χ0) is 39.7. The van der Waals surface area contributed by atoms with Gasteiger partial charge in [-0.25, -0.2) is 19.6 Å². The van der Waals surface area contributed by atoms with Crippen molar-refractivity contribution in [3.05, 3.63) is 120 Å². The number of methoxy groups -OCH3 is 1. The number of alkyl halides is 3. The van der Waals surface area contributed by atoms with E-state index in [9.17, 15) is 32.3 Å². The molecule has 0 spiro atoms. The van der Waals surface area contributed by atoms with Crippen molar-refractivity contribution in [1.82, 2.24) is 24.3 Å². The predicted octanol–water partition coefficient (Wildman–Crippen LogP) is 5.71. The molecular formula is C38H35F3N6O8. The van der Waals surface area contributed by atoms with E-state index in [4.69, 9.17) is 19.7 Å². The van der Waals surface area contributed by atoms with E-state index in [1.54, 1.807) is 25.3 Å². The van der Waals surface area contributed by atoms with Crippen molar-refractivity contribution in [2.45, 2.75) is 12.7 Å². The Morgan fingerprint density at radius 1 is 0.836 bits per heavy atom. The SMILES string of the molecule is COc1ccc(CN2CCN(C(=O)c3cc4cc(Oc5ccc(NC(=O)c6ccc(C(F)(F)F)cc6)cn5)ccc4n3C)CC2)cn1.O=C(O)C=CC(=O)O. The zero-order valence-electron chi connectivity index (χ0n) is 29.5. The number of carbonyl (C=O) groups is 4. The molecule has 0 radical (unpaired) electrons. The maximum atomic E-state index is 13.5. The van der Waals surface area contributed by atoms with Crippen LogP contribution in [0.4, 0.5) is 18.9 Å². The van der Waals surface area contributed by atoms with E-state index >= 15 is 0 Å². The number of rotatable bonds is 10. The highest BCUT2D eigenvalue weighted by Crippen LogP contribution is 2.30. The number of aryl methyl sites for hydroxylation is 1. The van der Waals surface area contributed by atoms with Crippen LogP contribution in [0.25, 0.3) is 10.9 Å². The lowest BCUT2D eigenvalue weighted by Gasteiger charge is -2.34. The number of aromatic nitrogens is 3. The third-order valence-corrected chi connectivity index (χ3v) is 8.37. The topological polar surface area (TPSA) is 176 Å². The van der Waals surface area contributed by atoms with Crippen molar-refractivity contribution in [3.63, 3.8) is 0 Å². The molecule has 3 aromatic heterocycles. The monoisotopic (exact) mass is 760 g/mol. The van der Waals surface area contributed by atoms with Crippen LogP contribution >= 0.6 is 0 Å². The highest BCUT2D eigenvalue weighted by atomic mass is 19.4. The number of hydrogen-bond donors (Lipinski definition) is 3. The zero-order valence-corrected chi connectivity index (χ0v) is 29.5. The first kappa shape index (κ1) is 39.5. The number of pyridine rings is 2. The van der Waals surface area contributed by atoms with Gasteiger partial charge >= 0.3 is 18.1 Å². The third kappa shape index (κ3) is 10.7. The Hall–Kier alpha value is -6.75. The number of carbonyl (C=O) groups excluding carboxylic acids is 2. The van der Waals surface area contributed by atoms with Gasteiger partial charge in [0.05, 0.1) is 24.6 Å². The van der Waals surface area contributed by atoms with E-state index in [0.29, 0.717) is 48.3 Å². The molecule has 1 fully saturated rings. The van der Waals surface area contributed by atoms with Gasteiger partial charge in [0.15, 0.2) is 0 Å². The van der Waals surface area contributed by atoms with Crippen LogP contribution in [0.2, 0.25) is 0 Å². The Kier molecular flexibility index (Phi) is 12.5. The molecule has 2 amide bonds. The number of benzene rings is 2. The fraction of sp³-hybridized carbons (Fsp3) is 0.211. The number of ether oxygens (including phenoxy) is 2. The summed E-state index contributed by atoms with van der Waals surface area (Å²) in [4.78, 5) is 57.7. The van der Waals surface area contributed by atoms with Crippen LogP contribution in [0.5, 0.6) is 17.5 Å². The number of fused-ring (bicyclic) bond motifs is 1. The molecule has 0 atom stereocenters. The van der Waals surface area contributed by atoms with Gasteiger partial charge in [0.2, 0.25) is 11.8 Å². The Bertz CT molecular complexity index is 2160. The van der Waals surface area contributed by atoms with Gasteiger partial charge in [-0.1, -0.05) is 6.07 Å². The van der Waals surface area contributed by atoms with Crippen LogP contribution in [0, 0.1) is 0 Å². The van der Waals surface area contributed by atoms with Gasteiger partial charge in [0.1, 0.15) is 11.4 Å².